The molecule has 0 bridgehead atoms. The van der Waals surface area contributed by atoms with Crippen LogP contribution in [0, 0.1) is 5.92 Å². The molecule has 3 N–H and O–H groups in total. The van der Waals surface area contributed by atoms with Crippen LogP contribution in [0.1, 0.15) is 42.9 Å². The van der Waals surface area contributed by atoms with Crippen LogP contribution in [0.4, 0.5) is 13.2 Å². The van der Waals surface area contributed by atoms with Gasteiger partial charge in [-0.25, -0.2) is 0 Å². The summed E-state index contributed by atoms with van der Waals surface area (Å²) in [5.74, 6) is 0.164. The van der Waals surface area contributed by atoms with Crippen molar-refractivity contribution in [2.24, 2.45) is 11.7 Å². The molecule has 2 atom stereocenters. The van der Waals surface area contributed by atoms with E-state index in [2.05, 4.69) is 0 Å². The van der Waals surface area contributed by atoms with Crippen molar-refractivity contribution in [3.63, 3.8) is 0 Å². The lowest BCUT2D eigenvalue weighted by atomic mass is 9.90. The Morgan fingerprint density at radius 3 is 2.05 bits per heavy atom. The van der Waals surface area contributed by atoms with E-state index in [1.54, 1.807) is 0 Å². The van der Waals surface area contributed by atoms with E-state index in [1.807, 2.05) is 0 Å². The van der Waals surface area contributed by atoms with Crippen molar-refractivity contribution < 1.29 is 18.3 Å². The molecule has 1 aliphatic rings. The van der Waals surface area contributed by atoms with Crippen molar-refractivity contribution in [1.29, 1.82) is 0 Å². The van der Waals surface area contributed by atoms with Crippen molar-refractivity contribution in [3.05, 3.63) is 35.4 Å². The first-order valence-electron chi connectivity index (χ1n) is 6.50. The zero-order valence-corrected chi connectivity index (χ0v) is 11.8. The van der Waals surface area contributed by atoms with Gasteiger partial charge in [0.25, 0.3) is 0 Å². The molecular formula is C14H19ClF3NO. The van der Waals surface area contributed by atoms with Crippen LogP contribution in [0.25, 0.3) is 0 Å². The molecule has 2 rings (SSSR count). The Hall–Kier alpha value is -0.780. The molecule has 0 radical (unpaired) electrons. The molecule has 114 valence electrons. The summed E-state index contributed by atoms with van der Waals surface area (Å²) >= 11 is 0. The molecule has 0 amide bonds. The first-order valence-corrected chi connectivity index (χ1v) is 6.50. The Morgan fingerprint density at radius 2 is 1.60 bits per heavy atom. The second-order valence-corrected chi connectivity index (χ2v) is 5.18. The minimum absolute atomic E-state index is 0. The number of aliphatic hydroxyl groups excluding tert-OH is 1. The zero-order valence-electron chi connectivity index (χ0n) is 10.9. The fraction of sp³-hybridized carbons (Fsp3) is 0.571. The van der Waals surface area contributed by atoms with E-state index in [9.17, 15) is 18.3 Å². The van der Waals surface area contributed by atoms with E-state index in [1.165, 1.54) is 12.1 Å². The highest BCUT2D eigenvalue weighted by Crippen LogP contribution is 2.34. The van der Waals surface area contributed by atoms with E-state index < -0.39 is 23.9 Å². The third-order valence-corrected chi connectivity index (χ3v) is 3.87. The van der Waals surface area contributed by atoms with Gasteiger partial charge in [0.1, 0.15) is 0 Å². The number of hydrogen-bond acceptors (Lipinski definition) is 2. The fourth-order valence-electron chi connectivity index (χ4n) is 2.68. The average Bonchev–Trinajstić information content (AvgIpc) is 2.90. The lowest BCUT2D eigenvalue weighted by molar-refractivity contribution is -0.137. The third kappa shape index (κ3) is 3.87. The molecule has 0 aromatic heterocycles. The van der Waals surface area contributed by atoms with Gasteiger partial charge in [-0.3, -0.25) is 0 Å². The van der Waals surface area contributed by atoms with E-state index in [4.69, 9.17) is 5.73 Å². The Morgan fingerprint density at radius 1 is 1.10 bits per heavy atom. The highest BCUT2D eigenvalue weighted by atomic mass is 35.5. The number of benzene rings is 1. The van der Waals surface area contributed by atoms with Gasteiger partial charge in [0.05, 0.1) is 17.7 Å². The van der Waals surface area contributed by atoms with Crippen LogP contribution in [0.5, 0.6) is 0 Å². The summed E-state index contributed by atoms with van der Waals surface area (Å²) in [6.45, 7) is 0. The van der Waals surface area contributed by atoms with Crippen LogP contribution in [0.3, 0.4) is 0 Å². The molecule has 20 heavy (non-hydrogen) atoms. The van der Waals surface area contributed by atoms with Crippen LogP contribution < -0.4 is 5.73 Å². The summed E-state index contributed by atoms with van der Waals surface area (Å²) in [4.78, 5) is 0. The number of halogens is 4. The van der Waals surface area contributed by atoms with Crippen molar-refractivity contribution in [2.45, 2.75) is 44.0 Å². The Labute approximate surface area is 122 Å². The molecule has 0 unspecified atom stereocenters. The summed E-state index contributed by atoms with van der Waals surface area (Å²) in [7, 11) is 0. The summed E-state index contributed by atoms with van der Waals surface area (Å²) in [6, 6.07) is 4.11. The van der Waals surface area contributed by atoms with Gasteiger partial charge in [-0.1, -0.05) is 25.0 Å². The monoisotopic (exact) mass is 309 g/mol. The van der Waals surface area contributed by atoms with Crippen molar-refractivity contribution in [1.82, 2.24) is 0 Å². The largest absolute Gasteiger partial charge is 0.416 e. The minimum atomic E-state index is -4.34. The summed E-state index contributed by atoms with van der Waals surface area (Å²) in [5, 5.41) is 10.2. The Kier molecular flexibility index (Phi) is 5.86. The van der Waals surface area contributed by atoms with E-state index >= 15 is 0 Å². The first kappa shape index (κ1) is 17.3. The highest BCUT2D eigenvalue weighted by molar-refractivity contribution is 5.85. The molecule has 1 aromatic rings. The van der Waals surface area contributed by atoms with Gasteiger partial charge in [-0.05, 0) is 36.5 Å². The van der Waals surface area contributed by atoms with Crippen LogP contribution in [0.15, 0.2) is 24.3 Å². The van der Waals surface area contributed by atoms with Gasteiger partial charge in [-0.2, -0.15) is 13.2 Å². The van der Waals surface area contributed by atoms with Crippen LogP contribution in [-0.4, -0.2) is 11.2 Å². The van der Waals surface area contributed by atoms with Crippen LogP contribution in [0.2, 0.25) is 0 Å². The number of hydrogen-bond donors (Lipinski definition) is 2. The van der Waals surface area contributed by atoms with E-state index in [-0.39, 0.29) is 18.3 Å². The predicted molar refractivity (Wildman–Crippen MR) is 73.6 cm³/mol. The molecule has 0 aliphatic heterocycles. The molecule has 1 saturated carbocycles. The molecule has 6 heteroatoms. The number of rotatable bonds is 3. The number of alkyl halides is 3. The summed E-state index contributed by atoms with van der Waals surface area (Å²) in [6.07, 6.45) is -0.972. The van der Waals surface area contributed by atoms with E-state index in [0.717, 1.165) is 37.8 Å². The molecule has 0 saturated heterocycles. The smallest absolute Gasteiger partial charge is 0.391 e. The normalized spacial score (nSPS) is 19.4. The average molecular weight is 310 g/mol. The minimum Gasteiger partial charge on any atom is -0.391 e. The second kappa shape index (κ2) is 6.78. The summed E-state index contributed by atoms with van der Waals surface area (Å²) in [5.41, 5.74) is 5.80. The van der Waals surface area contributed by atoms with Crippen molar-refractivity contribution in [3.8, 4) is 0 Å². The maximum absolute atomic E-state index is 12.4. The first-order chi connectivity index (χ1) is 8.89. The van der Waals surface area contributed by atoms with Gasteiger partial charge in [0.2, 0.25) is 0 Å². The maximum Gasteiger partial charge on any atom is 0.416 e. The lowest BCUT2D eigenvalue weighted by Gasteiger charge is -2.24. The molecule has 1 aliphatic carbocycles. The van der Waals surface area contributed by atoms with Gasteiger partial charge >= 0.3 is 6.18 Å². The molecule has 1 fully saturated rings. The number of nitrogens with two attached hydrogens (primary N) is 1. The topological polar surface area (TPSA) is 46.2 Å². The van der Waals surface area contributed by atoms with Gasteiger partial charge < -0.3 is 10.8 Å². The van der Waals surface area contributed by atoms with E-state index in [0.29, 0.717) is 5.56 Å². The molecule has 2 nitrogen and oxygen atoms in total. The van der Waals surface area contributed by atoms with Gasteiger partial charge in [0, 0.05) is 0 Å². The lowest BCUT2D eigenvalue weighted by Crippen LogP contribution is -2.31. The number of aliphatic hydroxyl groups is 1. The standard InChI is InChI=1S/C14H18F3NO.ClH/c15-14(16,17)11-7-5-9(6-8-11)12(18)13(19)10-3-1-2-4-10;/h5-8,10,12-13,19H,1-4,18H2;1H/t12-,13+;/m1./s1. The zero-order chi connectivity index (χ0) is 14.0. The Bertz CT molecular complexity index is 415. The SMILES string of the molecule is Cl.N[C@H](c1ccc(C(F)(F)F)cc1)[C@@H](O)C1CCCC1. The molecule has 0 heterocycles. The third-order valence-electron chi connectivity index (χ3n) is 3.87. The van der Waals surface area contributed by atoms with Crippen molar-refractivity contribution in [2.75, 3.05) is 0 Å². The quantitative estimate of drug-likeness (QED) is 0.894. The van der Waals surface area contributed by atoms with Crippen LogP contribution >= 0.6 is 12.4 Å². The predicted octanol–water partition coefficient (Wildman–Crippen LogP) is 3.68. The second-order valence-electron chi connectivity index (χ2n) is 5.18. The molecular weight excluding hydrogens is 291 g/mol. The highest BCUT2D eigenvalue weighted by Gasteiger charge is 2.32. The van der Waals surface area contributed by atoms with Gasteiger partial charge in [-0.15, -0.1) is 12.4 Å². The van der Waals surface area contributed by atoms with Crippen LogP contribution in [-0.2, 0) is 6.18 Å². The fourth-order valence-corrected chi connectivity index (χ4v) is 2.68. The summed E-state index contributed by atoms with van der Waals surface area (Å²) < 4.78 is 37.3. The maximum atomic E-state index is 12.4. The Balaban J connectivity index is 0.00000200. The molecule has 0 spiro atoms. The molecule has 1 aromatic carbocycles. The van der Waals surface area contributed by atoms with Gasteiger partial charge in [0.15, 0.2) is 0 Å². The van der Waals surface area contributed by atoms with Crippen molar-refractivity contribution >= 4 is 12.4 Å².